The van der Waals surface area contributed by atoms with Crippen LogP contribution in [0.5, 0.6) is 0 Å². The van der Waals surface area contributed by atoms with E-state index in [9.17, 15) is 14.3 Å². The van der Waals surface area contributed by atoms with Crippen LogP contribution in [0.1, 0.15) is 48.8 Å². The van der Waals surface area contributed by atoms with Crippen LogP contribution in [0.4, 0.5) is 4.39 Å². The number of carboxylic acids is 1. The van der Waals surface area contributed by atoms with Crippen molar-refractivity contribution in [3.63, 3.8) is 0 Å². The van der Waals surface area contributed by atoms with E-state index in [0.717, 1.165) is 31.1 Å². The van der Waals surface area contributed by atoms with Gasteiger partial charge in [0.15, 0.2) is 0 Å². The van der Waals surface area contributed by atoms with Crippen LogP contribution < -0.4 is 0 Å². The van der Waals surface area contributed by atoms with Gasteiger partial charge in [0.1, 0.15) is 5.82 Å². The number of nitrogens with zero attached hydrogens (tertiary/aromatic N) is 2. The zero-order valence-corrected chi connectivity index (χ0v) is 13.9. The van der Waals surface area contributed by atoms with Gasteiger partial charge in [-0.3, -0.25) is 9.88 Å². The lowest BCUT2D eigenvalue weighted by atomic mass is 10.0. The monoisotopic (exact) mass is 328 g/mol. The molecule has 2 heterocycles. The number of likely N-dealkylation sites (tertiary alicyclic amines) is 1. The summed E-state index contributed by atoms with van der Waals surface area (Å²) in [4.78, 5) is 18.5. The molecule has 1 aliphatic heterocycles. The van der Waals surface area contributed by atoms with E-state index in [1.54, 1.807) is 6.07 Å². The van der Waals surface area contributed by atoms with Crippen LogP contribution in [0.25, 0.3) is 11.3 Å². The normalized spacial score (nSPS) is 18.2. The predicted molar refractivity (Wildman–Crippen MR) is 90.4 cm³/mol. The van der Waals surface area contributed by atoms with E-state index in [4.69, 9.17) is 0 Å². The minimum absolute atomic E-state index is 0.0631. The van der Waals surface area contributed by atoms with Crippen LogP contribution in [0.15, 0.2) is 36.4 Å². The van der Waals surface area contributed by atoms with Crippen molar-refractivity contribution in [2.75, 3.05) is 6.54 Å². The Morgan fingerprint density at radius 1 is 1.33 bits per heavy atom. The van der Waals surface area contributed by atoms with Gasteiger partial charge in [0.2, 0.25) is 0 Å². The summed E-state index contributed by atoms with van der Waals surface area (Å²) in [6.45, 7) is 5.36. The van der Waals surface area contributed by atoms with E-state index >= 15 is 0 Å². The van der Waals surface area contributed by atoms with Crippen molar-refractivity contribution in [3.8, 4) is 11.3 Å². The number of carbonyl (C=O) groups is 1. The van der Waals surface area contributed by atoms with Crippen molar-refractivity contribution < 1.29 is 14.3 Å². The molecule has 0 spiro atoms. The Kier molecular flexibility index (Phi) is 4.62. The molecule has 1 aromatic carbocycles. The summed E-state index contributed by atoms with van der Waals surface area (Å²) in [5.41, 5.74) is 1.80. The largest absolute Gasteiger partial charge is 0.478 e. The molecule has 2 aromatic rings. The number of hydrogen-bond acceptors (Lipinski definition) is 3. The fourth-order valence-corrected chi connectivity index (χ4v) is 3.43. The fraction of sp³-hybridized carbons (Fsp3) is 0.368. The minimum atomic E-state index is -1.08. The summed E-state index contributed by atoms with van der Waals surface area (Å²) in [6.07, 6.45) is 2.15. The number of benzene rings is 1. The average molecular weight is 328 g/mol. The molecule has 1 N–H and O–H groups in total. The Balaban J connectivity index is 2.03. The SMILES string of the molecule is CC(C)N1CCC[C@@H]1c1cccc(-c2cc(F)ccc2C(=O)O)n1. The quantitative estimate of drug-likeness (QED) is 0.917. The lowest BCUT2D eigenvalue weighted by Gasteiger charge is -2.28. The first kappa shape index (κ1) is 16.6. The summed E-state index contributed by atoms with van der Waals surface area (Å²) < 4.78 is 13.6. The predicted octanol–water partition coefficient (Wildman–Crippen LogP) is 4.13. The van der Waals surface area contributed by atoms with E-state index < -0.39 is 11.8 Å². The molecule has 1 saturated heterocycles. The summed E-state index contributed by atoms with van der Waals surface area (Å²) in [7, 11) is 0. The van der Waals surface area contributed by atoms with Gasteiger partial charge in [0.05, 0.1) is 23.0 Å². The average Bonchev–Trinajstić information content (AvgIpc) is 3.04. The summed E-state index contributed by atoms with van der Waals surface area (Å²) in [5.74, 6) is -1.55. The maximum Gasteiger partial charge on any atom is 0.336 e. The third-order valence-corrected chi connectivity index (χ3v) is 4.56. The molecule has 1 aliphatic rings. The van der Waals surface area contributed by atoms with E-state index in [2.05, 4.69) is 23.7 Å². The molecule has 0 aliphatic carbocycles. The highest BCUT2D eigenvalue weighted by Gasteiger charge is 2.29. The van der Waals surface area contributed by atoms with Crippen molar-refractivity contribution in [2.45, 2.75) is 38.8 Å². The second kappa shape index (κ2) is 6.69. The number of hydrogen-bond donors (Lipinski definition) is 1. The molecule has 3 rings (SSSR count). The summed E-state index contributed by atoms with van der Waals surface area (Å²) in [6, 6.07) is 9.91. The van der Waals surface area contributed by atoms with Gasteiger partial charge in [-0.1, -0.05) is 6.07 Å². The maximum absolute atomic E-state index is 13.6. The number of halogens is 1. The lowest BCUT2D eigenvalue weighted by Crippen LogP contribution is -2.30. The molecule has 1 atom stereocenters. The van der Waals surface area contributed by atoms with Crippen LogP contribution in [0, 0.1) is 5.82 Å². The summed E-state index contributed by atoms with van der Waals surface area (Å²) in [5, 5.41) is 9.36. The van der Waals surface area contributed by atoms with Gasteiger partial charge in [0, 0.05) is 11.6 Å². The Hall–Kier alpha value is -2.27. The summed E-state index contributed by atoms with van der Waals surface area (Å²) >= 11 is 0. The van der Waals surface area contributed by atoms with Gasteiger partial charge in [-0.25, -0.2) is 9.18 Å². The Bertz CT molecular complexity index is 761. The molecule has 0 radical (unpaired) electrons. The van der Waals surface area contributed by atoms with Crippen molar-refractivity contribution in [2.24, 2.45) is 0 Å². The van der Waals surface area contributed by atoms with E-state index in [1.165, 1.54) is 12.1 Å². The molecule has 5 heteroatoms. The van der Waals surface area contributed by atoms with E-state index in [-0.39, 0.29) is 11.6 Å². The smallest absolute Gasteiger partial charge is 0.336 e. The molecular weight excluding hydrogens is 307 g/mol. The van der Waals surface area contributed by atoms with Crippen LogP contribution >= 0.6 is 0 Å². The molecule has 0 bridgehead atoms. The van der Waals surface area contributed by atoms with Gasteiger partial charge in [0.25, 0.3) is 0 Å². The van der Waals surface area contributed by atoms with Gasteiger partial charge < -0.3 is 5.11 Å². The first-order chi connectivity index (χ1) is 11.5. The minimum Gasteiger partial charge on any atom is -0.478 e. The molecule has 1 aromatic heterocycles. The van der Waals surface area contributed by atoms with Crippen LogP contribution in [-0.2, 0) is 0 Å². The van der Waals surface area contributed by atoms with Gasteiger partial charge in [-0.2, -0.15) is 0 Å². The number of aromatic nitrogens is 1. The van der Waals surface area contributed by atoms with Crippen LogP contribution in [0.2, 0.25) is 0 Å². The van der Waals surface area contributed by atoms with Gasteiger partial charge >= 0.3 is 5.97 Å². The Morgan fingerprint density at radius 3 is 2.83 bits per heavy atom. The highest BCUT2D eigenvalue weighted by molar-refractivity contribution is 5.95. The number of aromatic carboxylic acids is 1. The molecule has 0 unspecified atom stereocenters. The van der Waals surface area contributed by atoms with Gasteiger partial charge in [-0.05, 0) is 63.6 Å². The molecule has 24 heavy (non-hydrogen) atoms. The standard InChI is InChI=1S/C19H21FN2O2/c1-12(2)22-10-4-7-18(22)17-6-3-5-16(21-17)15-11-13(20)8-9-14(15)19(23)24/h3,5-6,8-9,11-12,18H,4,7,10H2,1-2H3,(H,23,24)/t18-/m1/s1. The second-order valence-corrected chi connectivity index (χ2v) is 6.43. The van der Waals surface area contributed by atoms with Crippen molar-refractivity contribution in [3.05, 3.63) is 53.5 Å². The number of pyridine rings is 1. The molecule has 126 valence electrons. The zero-order chi connectivity index (χ0) is 17.3. The molecular formula is C19H21FN2O2. The highest BCUT2D eigenvalue weighted by atomic mass is 19.1. The topological polar surface area (TPSA) is 53.4 Å². The van der Waals surface area contributed by atoms with Crippen LogP contribution in [0.3, 0.4) is 0 Å². The zero-order valence-electron chi connectivity index (χ0n) is 13.9. The third-order valence-electron chi connectivity index (χ3n) is 4.56. The molecule has 4 nitrogen and oxygen atoms in total. The first-order valence-electron chi connectivity index (χ1n) is 8.23. The van der Waals surface area contributed by atoms with Crippen molar-refractivity contribution in [1.29, 1.82) is 0 Å². The van der Waals surface area contributed by atoms with E-state index in [0.29, 0.717) is 17.3 Å². The number of carboxylic acid groups (broad SMARTS) is 1. The fourth-order valence-electron chi connectivity index (χ4n) is 3.43. The molecule has 0 amide bonds. The van der Waals surface area contributed by atoms with Crippen molar-refractivity contribution >= 4 is 5.97 Å². The third kappa shape index (κ3) is 3.17. The Morgan fingerprint density at radius 2 is 2.12 bits per heavy atom. The first-order valence-corrected chi connectivity index (χ1v) is 8.23. The lowest BCUT2D eigenvalue weighted by molar-refractivity contribution is 0.0697. The molecule has 1 fully saturated rings. The van der Waals surface area contributed by atoms with Crippen molar-refractivity contribution in [1.82, 2.24) is 9.88 Å². The van der Waals surface area contributed by atoms with E-state index in [1.807, 2.05) is 12.1 Å². The Labute approximate surface area is 141 Å². The van der Waals surface area contributed by atoms with Gasteiger partial charge in [-0.15, -0.1) is 0 Å². The number of rotatable bonds is 4. The molecule has 0 saturated carbocycles. The maximum atomic E-state index is 13.6. The highest BCUT2D eigenvalue weighted by Crippen LogP contribution is 2.34. The van der Waals surface area contributed by atoms with Crippen LogP contribution in [-0.4, -0.2) is 33.5 Å². The second-order valence-electron chi connectivity index (χ2n) is 6.43.